The quantitative estimate of drug-likeness (QED) is 0.734. The number of nitrogens with zero attached hydrogens (tertiary/aromatic N) is 1. The monoisotopic (exact) mass is 303 g/mol. The van der Waals surface area contributed by atoms with Crippen LogP contribution in [-0.2, 0) is 18.5 Å². The van der Waals surface area contributed by atoms with Crippen molar-refractivity contribution in [3.63, 3.8) is 0 Å². The maximum Gasteiger partial charge on any atom is 0.123 e. The van der Waals surface area contributed by atoms with E-state index in [1.54, 1.807) is 0 Å². The molecule has 0 atom stereocenters. The van der Waals surface area contributed by atoms with Crippen LogP contribution in [-0.4, -0.2) is 28.5 Å². The lowest BCUT2D eigenvalue weighted by atomic mass is 9.89. The van der Waals surface area contributed by atoms with Crippen LogP contribution in [0.4, 0.5) is 0 Å². The van der Waals surface area contributed by atoms with Gasteiger partial charge in [0, 0.05) is 35.3 Å². The third kappa shape index (κ3) is 4.32. The normalized spacial score (nSPS) is 11.6. The summed E-state index contributed by atoms with van der Waals surface area (Å²) in [6.45, 7) is 8.29. The zero-order chi connectivity index (χ0) is 16.0. The third-order valence-corrected chi connectivity index (χ3v) is 3.42. The second kappa shape index (κ2) is 7.42. The van der Waals surface area contributed by atoms with Crippen molar-refractivity contribution in [3.8, 4) is 5.75 Å². The number of hydrogen-bond acceptors (Lipinski definition) is 4. The number of H-pyrrole nitrogens is 1. The predicted molar refractivity (Wildman–Crippen MR) is 86.9 cm³/mol. The largest absolute Gasteiger partial charge is 0.491 e. The number of nitrogens with one attached hydrogen (secondary N) is 2. The van der Waals surface area contributed by atoms with Gasteiger partial charge in [0.1, 0.15) is 12.4 Å². The molecule has 0 spiro atoms. The van der Waals surface area contributed by atoms with Gasteiger partial charge < -0.3 is 15.2 Å². The van der Waals surface area contributed by atoms with Crippen LogP contribution in [0.3, 0.4) is 0 Å². The predicted octanol–water partition coefficient (Wildman–Crippen LogP) is 2.37. The Morgan fingerprint density at radius 2 is 1.91 bits per heavy atom. The Balaban J connectivity index is 1.96. The second-order valence-corrected chi connectivity index (χ2v) is 6.30. The molecule has 1 aromatic heterocycles. The van der Waals surface area contributed by atoms with E-state index in [4.69, 9.17) is 9.84 Å². The van der Waals surface area contributed by atoms with E-state index in [2.05, 4.69) is 36.3 Å². The zero-order valence-corrected chi connectivity index (χ0v) is 13.5. The number of aromatic nitrogens is 2. The summed E-state index contributed by atoms with van der Waals surface area (Å²) in [7, 11) is 0. The first-order valence-electron chi connectivity index (χ1n) is 7.57. The Morgan fingerprint density at radius 1 is 1.18 bits per heavy atom. The molecule has 120 valence electrons. The molecule has 1 aromatic carbocycles. The topological polar surface area (TPSA) is 70.2 Å². The molecule has 0 fully saturated rings. The molecule has 2 aromatic rings. The highest BCUT2D eigenvalue weighted by molar-refractivity contribution is 5.33. The Morgan fingerprint density at radius 3 is 2.64 bits per heavy atom. The molecular weight excluding hydrogens is 278 g/mol. The van der Waals surface area contributed by atoms with Gasteiger partial charge >= 0.3 is 0 Å². The van der Waals surface area contributed by atoms with Crippen molar-refractivity contribution in [1.82, 2.24) is 15.5 Å². The van der Waals surface area contributed by atoms with Gasteiger partial charge in [0.05, 0.1) is 12.8 Å². The Labute approximate surface area is 131 Å². The van der Waals surface area contributed by atoms with Crippen molar-refractivity contribution in [2.75, 3.05) is 13.2 Å². The van der Waals surface area contributed by atoms with Crippen LogP contribution in [0.15, 0.2) is 30.5 Å². The second-order valence-electron chi connectivity index (χ2n) is 6.30. The van der Waals surface area contributed by atoms with E-state index < -0.39 is 0 Å². The highest BCUT2D eigenvalue weighted by atomic mass is 16.5. The zero-order valence-electron chi connectivity index (χ0n) is 13.5. The number of ether oxygens (including phenoxy) is 1. The molecule has 0 saturated heterocycles. The van der Waals surface area contributed by atoms with Crippen LogP contribution in [0.2, 0.25) is 0 Å². The summed E-state index contributed by atoms with van der Waals surface area (Å²) in [4.78, 5) is 0. The molecule has 3 N–H and O–H groups in total. The summed E-state index contributed by atoms with van der Waals surface area (Å²) in [6.07, 6.45) is 1.88. The summed E-state index contributed by atoms with van der Waals surface area (Å²) < 4.78 is 5.54. The lowest BCUT2D eigenvalue weighted by molar-refractivity contribution is 0.200. The molecule has 2 rings (SSSR count). The van der Waals surface area contributed by atoms with E-state index in [0.717, 1.165) is 23.6 Å². The average Bonchev–Trinajstić information content (AvgIpc) is 2.95. The lowest BCUT2D eigenvalue weighted by Crippen LogP contribution is -2.19. The minimum absolute atomic E-state index is 0.0196. The number of rotatable bonds is 7. The molecule has 0 amide bonds. The molecule has 0 bridgehead atoms. The van der Waals surface area contributed by atoms with E-state index >= 15 is 0 Å². The molecule has 5 nitrogen and oxygen atoms in total. The van der Waals surface area contributed by atoms with Crippen molar-refractivity contribution in [2.24, 2.45) is 0 Å². The molecular formula is C17H25N3O2. The molecule has 0 aliphatic rings. The minimum atomic E-state index is 0.0196. The number of aliphatic hydroxyl groups is 1. The van der Waals surface area contributed by atoms with E-state index in [9.17, 15) is 0 Å². The molecule has 0 aliphatic carbocycles. The smallest absolute Gasteiger partial charge is 0.123 e. The van der Waals surface area contributed by atoms with Crippen molar-refractivity contribution in [1.29, 1.82) is 0 Å². The molecule has 0 aliphatic heterocycles. The lowest BCUT2D eigenvalue weighted by Gasteiger charge is -2.18. The molecule has 0 radical (unpaired) electrons. The van der Waals surface area contributed by atoms with Crippen LogP contribution in [0.5, 0.6) is 5.75 Å². The van der Waals surface area contributed by atoms with E-state index in [-0.39, 0.29) is 12.0 Å². The van der Waals surface area contributed by atoms with Gasteiger partial charge in [-0.2, -0.15) is 5.10 Å². The first-order valence-corrected chi connectivity index (χ1v) is 7.57. The summed E-state index contributed by atoms with van der Waals surface area (Å²) in [6, 6.07) is 7.87. The van der Waals surface area contributed by atoms with Gasteiger partial charge in [0.15, 0.2) is 0 Å². The van der Waals surface area contributed by atoms with Crippen LogP contribution < -0.4 is 10.1 Å². The van der Waals surface area contributed by atoms with Crippen molar-refractivity contribution >= 4 is 0 Å². The fourth-order valence-corrected chi connectivity index (χ4v) is 2.37. The fourth-order valence-electron chi connectivity index (χ4n) is 2.37. The van der Waals surface area contributed by atoms with Crippen molar-refractivity contribution in [2.45, 2.75) is 39.3 Å². The standard InChI is InChI=1S/C17H25N3O2/c1-17(2,3)16-14(12-19-20-16)11-18-10-13-6-4-5-7-15(13)22-9-8-21/h4-7,12,18,21H,8-11H2,1-3H3,(H,19,20). The maximum atomic E-state index is 8.88. The minimum Gasteiger partial charge on any atom is -0.491 e. The highest BCUT2D eigenvalue weighted by Crippen LogP contribution is 2.23. The molecule has 22 heavy (non-hydrogen) atoms. The molecule has 0 unspecified atom stereocenters. The number of aliphatic hydroxyl groups excluding tert-OH is 1. The van der Waals surface area contributed by atoms with Crippen LogP contribution in [0.25, 0.3) is 0 Å². The summed E-state index contributed by atoms with van der Waals surface area (Å²) >= 11 is 0. The third-order valence-electron chi connectivity index (χ3n) is 3.42. The van der Waals surface area contributed by atoms with Gasteiger partial charge in [-0.25, -0.2) is 0 Å². The Kier molecular flexibility index (Phi) is 5.57. The summed E-state index contributed by atoms with van der Waals surface area (Å²) in [5.74, 6) is 0.812. The SMILES string of the molecule is CC(C)(C)c1[nH]ncc1CNCc1ccccc1OCCO. The number of benzene rings is 1. The summed E-state index contributed by atoms with van der Waals surface area (Å²) in [5.41, 5.74) is 3.47. The fraction of sp³-hybridized carbons (Fsp3) is 0.471. The number of para-hydroxylation sites is 1. The van der Waals surface area contributed by atoms with Gasteiger partial charge in [-0.05, 0) is 6.07 Å². The van der Waals surface area contributed by atoms with E-state index in [0.29, 0.717) is 13.2 Å². The van der Waals surface area contributed by atoms with Crippen molar-refractivity contribution < 1.29 is 9.84 Å². The van der Waals surface area contributed by atoms with Gasteiger partial charge in [-0.1, -0.05) is 39.0 Å². The van der Waals surface area contributed by atoms with Crippen LogP contribution in [0, 0.1) is 0 Å². The van der Waals surface area contributed by atoms with Gasteiger partial charge in [0.25, 0.3) is 0 Å². The van der Waals surface area contributed by atoms with Crippen LogP contribution >= 0.6 is 0 Å². The van der Waals surface area contributed by atoms with Gasteiger partial charge in [-0.15, -0.1) is 0 Å². The van der Waals surface area contributed by atoms with E-state index in [1.165, 1.54) is 5.56 Å². The van der Waals surface area contributed by atoms with Crippen LogP contribution in [0.1, 0.15) is 37.6 Å². The molecule has 1 heterocycles. The number of aromatic amines is 1. The average molecular weight is 303 g/mol. The number of hydrogen-bond donors (Lipinski definition) is 3. The van der Waals surface area contributed by atoms with E-state index in [1.807, 2.05) is 30.5 Å². The van der Waals surface area contributed by atoms with Crippen molar-refractivity contribution in [3.05, 3.63) is 47.3 Å². The highest BCUT2D eigenvalue weighted by Gasteiger charge is 2.19. The summed E-state index contributed by atoms with van der Waals surface area (Å²) in [5, 5.41) is 19.6. The maximum absolute atomic E-state index is 8.88. The van der Waals surface area contributed by atoms with Gasteiger partial charge in [-0.3, -0.25) is 5.10 Å². The Bertz CT molecular complexity index is 588. The molecule has 5 heteroatoms. The molecule has 0 saturated carbocycles. The first-order chi connectivity index (χ1) is 10.5. The Hall–Kier alpha value is -1.85. The van der Waals surface area contributed by atoms with Gasteiger partial charge in [0.2, 0.25) is 0 Å². The first kappa shape index (κ1) is 16.5.